The van der Waals surface area contributed by atoms with Crippen molar-refractivity contribution in [3.05, 3.63) is 95.6 Å². The number of aromatic nitrogens is 2. The minimum absolute atomic E-state index is 0.0632. The standard InChI is InChI=1S/C23H23N3O/c27-23(19-9-5-13-24-16-19)26-14-6-10-20(17-26)22-12-4-11-21(25-22)15-18-7-2-1-3-8-18/h1-5,7-9,11-13,16,20H,6,10,14-15,17H2/t20-/m1/s1. The normalized spacial score (nSPS) is 16.9. The van der Waals surface area contributed by atoms with Crippen LogP contribution in [-0.2, 0) is 6.42 Å². The number of pyridine rings is 2. The Morgan fingerprint density at radius 1 is 1.04 bits per heavy atom. The van der Waals surface area contributed by atoms with Crippen LogP contribution in [0, 0.1) is 0 Å². The summed E-state index contributed by atoms with van der Waals surface area (Å²) in [5, 5.41) is 0. The average molecular weight is 357 g/mol. The summed E-state index contributed by atoms with van der Waals surface area (Å²) in [6.07, 6.45) is 6.24. The molecular weight excluding hydrogens is 334 g/mol. The van der Waals surface area contributed by atoms with Gasteiger partial charge in [0.2, 0.25) is 0 Å². The Balaban J connectivity index is 1.48. The third kappa shape index (κ3) is 4.22. The maximum absolute atomic E-state index is 12.8. The van der Waals surface area contributed by atoms with Crippen LogP contribution in [0.3, 0.4) is 0 Å². The fourth-order valence-corrected chi connectivity index (χ4v) is 3.70. The molecule has 27 heavy (non-hydrogen) atoms. The topological polar surface area (TPSA) is 46.1 Å². The molecule has 4 heteroatoms. The van der Waals surface area contributed by atoms with Crippen LogP contribution in [0.1, 0.15) is 46.1 Å². The van der Waals surface area contributed by atoms with Crippen molar-refractivity contribution < 1.29 is 4.79 Å². The van der Waals surface area contributed by atoms with E-state index < -0.39 is 0 Å². The van der Waals surface area contributed by atoms with Crippen LogP contribution in [0.4, 0.5) is 0 Å². The Bertz CT molecular complexity index is 896. The quantitative estimate of drug-likeness (QED) is 0.707. The molecule has 0 bridgehead atoms. The maximum atomic E-state index is 12.8. The zero-order valence-electron chi connectivity index (χ0n) is 15.3. The molecule has 4 rings (SSSR count). The molecule has 3 aromatic rings. The molecule has 1 amide bonds. The fourth-order valence-electron chi connectivity index (χ4n) is 3.70. The molecule has 1 atom stereocenters. The van der Waals surface area contributed by atoms with Gasteiger partial charge >= 0.3 is 0 Å². The lowest BCUT2D eigenvalue weighted by atomic mass is 9.93. The van der Waals surface area contributed by atoms with Gasteiger partial charge in [0.1, 0.15) is 0 Å². The highest BCUT2D eigenvalue weighted by Gasteiger charge is 2.26. The van der Waals surface area contributed by atoms with Gasteiger partial charge in [-0.2, -0.15) is 0 Å². The van der Waals surface area contributed by atoms with E-state index in [1.165, 1.54) is 5.56 Å². The van der Waals surface area contributed by atoms with Gasteiger partial charge in [-0.3, -0.25) is 14.8 Å². The fraction of sp³-hybridized carbons (Fsp3) is 0.261. The Morgan fingerprint density at radius 3 is 2.74 bits per heavy atom. The van der Waals surface area contributed by atoms with E-state index in [4.69, 9.17) is 4.98 Å². The number of likely N-dealkylation sites (tertiary alicyclic amines) is 1. The zero-order valence-corrected chi connectivity index (χ0v) is 15.3. The third-order valence-electron chi connectivity index (χ3n) is 5.09. The van der Waals surface area contributed by atoms with Crippen LogP contribution in [0.25, 0.3) is 0 Å². The van der Waals surface area contributed by atoms with Crippen molar-refractivity contribution in [2.75, 3.05) is 13.1 Å². The summed E-state index contributed by atoms with van der Waals surface area (Å²) in [5.41, 5.74) is 4.09. The Hall–Kier alpha value is -3.01. The summed E-state index contributed by atoms with van der Waals surface area (Å²) in [6, 6.07) is 20.3. The molecule has 136 valence electrons. The number of benzene rings is 1. The predicted octanol–water partition coefficient (Wildman–Crippen LogP) is 4.09. The van der Waals surface area contributed by atoms with Gasteiger partial charge in [-0.1, -0.05) is 36.4 Å². The average Bonchev–Trinajstić information content (AvgIpc) is 2.75. The van der Waals surface area contributed by atoms with Gasteiger partial charge < -0.3 is 4.90 Å². The Labute approximate surface area is 159 Å². The van der Waals surface area contributed by atoms with E-state index in [1.54, 1.807) is 12.4 Å². The van der Waals surface area contributed by atoms with Crippen molar-refractivity contribution in [2.24, 2.45) is 0 Å². The van der Waals surface area contributed by atoms with Crippen LogP contribution >= 0.6 is 0 Å². The van der Waals surface area contributed by atoms with E-state index >= 15 is 0 Å². The summed E-state index contributed by atoms with van der Waals surface area (Å²) in [4.78, 5) is 23.7. The van der Waals surface area contributed by atoms with Crippen LogP contribution in [-0.4, -0.2) is 33.9 Å². The third-order valence-corrected chi connectivity index (χ3v) is 5.09. The van der Waals surface area contributed by atoms with Crippen molar-refractivity contribution >= 4 is 5.91 Å². The monoisotopic (exact) mass is 357 g/mol. The first-order chi connectivity index (χ1) is 13.3. The molecule has 1 fully saturated rings. The summed E-state index contributed by atoms with van der Waals surface area (Å²) >= 11 is 0. The summed E-state index contributed by atoms with van der Waals surface area (Å²) in [6.45, 7) is 1.52. The van der Waals surface area contributed by atoms with Crippen molar-refractivity contribution in [2.45, 2.75) is 25.2 Å². The van der Waals surface area contributed by atoms with E-state index in [9.17, 15) is 4.79 Å². The molecular formula is C23H23N3O. The molecule has 1 aliphatic rings. The SMILES string of the molecule is O=C(c1cccnc1)N1CCC[C@@H](c2cccc(Cc3ccccc3)n2)C1. The van der Waals surface area contributed by atoms with Gasteiger partial charge in [0.05, 0.1) is 5.56 Å². The Morgan fingerprint density at radius 2 is 1.93 bits per heavy atom. The number of rotatable bonds is 4. The molecule has 0 radical (unpaired) electrons. The van der Waals surface area contributed by atoms with Crippen molar-refractivity contribution in [1.82, 2.24) is 14.9 Å². The summed E-state index contributed by atoms with van der Waals surface area (Å²) in [5.74, 6) is 0.350. The molecule has 2 aromatic heterocycles. The van der Waals surface area contributed by atoms with Crippen LogP contribution < -0.4 is 0 Å². The van der Waals surface area contributed by atoms with Gasteiger partial charge in [0.25, 0.3) is 5.91 Å². The predicted molar refractivity (Wildman–Crippen MR) is 106 cm³/mol. The highest BCUT2D eigenvalue weighted by Crippen LogP contribution is 2.27. The highest BCUT2D eigenvalue weighted by molar-refractivity contribution is 5.94. The van der Waals surface area contributed by atoms with Crippen LogP contribution in [0.2, 0.25) is 0 Å². The number of piperidine rings is 1. The van der Waals surface area contributed by atoms with E-state index in [-0.39, 0.29) is 11.8 Å². The van der Waals surface area contributed by atoms with Crippen LogP contribution in [0.15, 0.2) is 73.1 Å². The van der Waals surface area contributed by atoms with Crippen molar-refractivity contribution in [3.8, 4) is 0 Å². The van der Waals surface area contributed by atoms with E-state index in [2.05, 4.69) is 47.4 Å². The summed E-state index contributed by atoms with van der Waals surface area (Å²) in [7, 11) is 0. The Kier molecular flexibility index (Phi) is 5.24. The second-order valence-corrected chi connectivity index (χ2v) is 7.05. The molecule has 0 unspecified atom stereocenters. The lowest BCUT2D eigenvalue weighted by Gasteiger charge is -2.32. The largest absolute Gasteiger partial charge is 0.338 e. The molecule has 0 spiro atoms. The highest BCUT2D eigenvalue weighted by atomic mass is 16.2. The van der Waals surface area contributed by atoms with Crippen molar-refractivity contribution in [3.63, 3.8) is 0 Å². The molecule has 0 saturated carbocycles. The van der Waals surface area contributed by atoms with Gasteiger partial charge in [-0.05, 0) is 42.7 Å². The molecule has 4 nitrogen and oxygen atoms in total. The van der Waals surface area contributed by atoms with Gasteiger partial charge in [0.15, 0.2) is 0 Å². The molecule has 3 heterocycles. The number of carbonyl (C=O) groups is 1. The number of hydrogen-bond donors (Lipinski definition) is 0. The van der Waals surface area contributed by atoms with E-state index in [0.717, 1.165) is 43.7 Å². The lowest BCUT2D eigenvalue weighted by Crippen LogP contribution is -2.39. The molecule has 1 aromatic carbocycles. The second-order valence-electron chi connectivity index (χ2n) is 7.05. The van der Waals surface area contributed by atoms with Crippen molar-refractivity contribution in [1.29, 1.82) is 0 Å². The number of carbonyl (C=O) groups excluding carboxylic acids is 1. The smallest absolute Gasteiger partial charge is 0.255 e. The molecule has 0 aliphatic carbocycles. The number of amides is 1. The zero-order chi connectivity index (χ0) is 18.5. The molecule has 1 saturated heterocycles. The van der Waals surface area contributed by atoms with Gasteiger partial charge in [-0.15, -0.1) is 0 Å². The first kappa shape index (κ1) is 17.4. The van der Waals surface area contributed by atoms with E-state index in [1.807, 2.05) is 23.1 Å². The van der Waals surface area contributed by atoms with Gasteiger partial charge in [-0.25, -0.2) is 0 Å². The summed E-state index contributed by atoms with van der Waals surface area (Å²) < 4.78 is 0. The molecule has 0 N–H and O–H groups in total. The lowest BCUT2D eigenvalue weighted by molar-refractivity contribution is 0.0705. The van der Waals surface area contributed by atoms with Crippen LogP contribution in [0.5, 0.6) is 0 Å². The van der Waals surface area contributed by atoms with E-state index in [0.29, 0.717) is 5.56 Å². The second kappa shape index (κ2) is 8.12. The first-order valence-electron chi connectivity index (χ1n) is 9.48. The number of hydrogen-bond acceptors (Lipinski definition) is 3. The number of nitrogens with zero attached hydrogens (tertiary/aromatic N) is 3. The minimum Gasteiger partial charge on any atom is -0.338 e. The molecule has 1 aliphatic heterocycles. The van der Waals surface area contributed by atoms with Gasteiger partial charge in [0, 0.05) is 49.2 Å². The maximum Gasteiger partial charge on any atom is 0.255 e. The first-order valence-corrected chi connectivity index (χ1v) is 9.48. The minimum atomic E-state index is 0.0632.